The fourth-order valence-electron chi connectivity index (χ4n) is 3.93. The molecule has 35 heavy (non-hydrogen) atoms. The van der Waals surface area contributed by atoms with Gasteiger partial charge in [0, 0.05) is 39.0 Å². The number of nitrogens with zero attached hydrogens (tertiary/aromatic N) is 2. The van der Waals surface area contributed by atoms with Crippen molar-refractivity contribution < 1.29 is 19.4 Å². The van der Waals surface area contributed by atoms with Crippen LogP contribution in [0.1, 0.15) is 58.7 Å². The Morgan fingerprint density at radius 3 is 2.43 bits per heavy atom. The molecule has 1 fully saturated rings. The van der Waals surface area contributed by atoms with E-state index in [2.05, 4.69) is 15.3 Å². The molecule has 190 valence electrons. The molecule has 10 heteroatoms. The number of alkyl carbamates (subject to hydrolysis) is 1. The van der Waals surface area contributed by atoms with E-state index in [-0.39, 0.29) is 5.41 Å². The Kier molecular flexibility index (Phi) is 9.29. The summed E-state index contributed by atoms with van der Waals surface area (Å²) >= 11 is 14.0. The van der Waals surface area contributed by atoms with Gasteiger partial charge in [0.1, 0.15) is 17.5 Å². The number of aromatic nitrogens is 2. The lowest BCUT2D eigenvalue weighted by Gasteiger charge is -2.40. The molecule has 2 N–H and O–H groups in total. The number of ether oxygens (including phenoxy) is 1. The molecule has 0 unspecified atom stereocenters. The highest BCUT2D eigenvalue weighted by atomic mass is 35.5. The zero-order valence-corrected chi connectivity index (χ0v) is 22.5. The summed E-state index contributed by atoms with van der Waals surface area (Å²) in [5, 5.41) is 13.0. The molecule has 1 heterocycles. The number of benzene rings is 1. The van der Waals surface area contributed by atoms with Crippen LogP contribution in [0.15, 0.2) is 30.6 Å². The smallest absolute Gasteiger partial charge is 0.408 e. The SMILES string of the molecule is CC(C)(C)OC(=O)N[C@@H](CCSCCC1(c2ncc(-c3ccc(Cl)cc3Cl)cn2)CCC1)C(=O)O. The Labute approximate surface area is 220 Å². The summed E-state index contributed by atoms with van der Waals surface area (Å²) in [4.78, 5) is 32.8. The second-order valence-electron chi connectivity index (χ2n) is 9.74. The van der Waals surface area contributed by atoms with Gasteiger partial charge in [-0.15, -0.1) is 0 Å². The normalized spacial score (nSPS) is 15.7. The first-order valence-corrected chi connectivity index (χ1v) is 13.5. The van der Waals surface area contributed by atoms with E-state index in [9.17, 15) is 14.7 Å². The molecule has 0 radical (unpaired) electrons. The third kappa shape index (κ3) is 7.72. The molecule has 1 amide bonds. The zero-order valence-electron chi connectivity index (χ0n) is 20.1. The summed E-state index contributed by atoms with van der Waals surface area (Å²) in [5.74, 6) is 1.24. The van der Waals surface area contributed by atoms with Crippen molar-refractivity contribution in [3.05, 3.63) is 46.5 Å². The van der Waals surface area contributed by atoms with Crippen LogP contribution in [0.25, 0.3) is 11.1 Å². The number of hydrogen-bond donors (Lipinski definition) is 2. The number of hydrogen-bond acceptors (Lipinski definition) is 6. The Morgan fingerprint density at radius 1 is 1.20 bits per heavy atom. The molecule has 1 aromatic carbocycles. The van der Waals surface area contributed by atoms with Crippen LogP contribution < -0.4 is 5.32 Å². The molecule has 0 saturated heterocycles. The van der Waals surface area contributed by atoms with Gasteiger partial charge in [0.25, 0.3) is 0 Å². The van der Waals surface area contributed by atoms with Gasteiger partial charge >= 0.3 is 12.1 Å². The van der Waals surface area contributed by atoms with Crippen molar-refractivity contribution in [1.29, 1.82) is 0 Å². The summed E-state index contributed by atoms with van der Waals surface area (Å²) < 4.78 is 5.16. The first kappa shape index (κ1) is 27.6. The predicted molar refractivity (Wildman–Crippen MR) is 140 cm³/mol. The second-order valence-corrected chi connectivity index (χ2v) is 11.8. The number of carboxylic acids is 1. The van der Waals surface area contributed by atoms with Gasteiger partial charge in [-0.05, 0) is 70.1 Å². The van der Waals surface area contributed by atoms with Gasteiger partial charge in [0.2, 0.25) is 0 Å². The minimum Gasteiger partial charge on any atom is -0.480 e. The maximum Gasteiger partial charge on any atom is 0.408 e. The number of amides is 1. The molecule has 0 spiro atoms. The second kappa shape index (κ2) is 11.8. The summed E-state index contributed by atoms with van der Waals surface area (Å²) in [6, 6.07) is 4.38. The van der Waals surface area contributed by atoms with Gasteiger partial charge < -0.3 is 15.2 Å². The average Bonchev–Trinajstić information content (AvgIpc) is 2.73. The lowest BCUT2D eigenvalue weighted by Crippen LogP contribution is -2.43. The molecule has 3 rings (SSSR count). The summed E-state index contributed by atoms with van der Waals surface area (Å²) in [6.07, 6.45) is 7.34. The lowest BCUT2D eigenvalue weighted by molar-refractivity contribution is -0.139. The standard InChI is InChI=1S/C25H31Cl2N3O4S/c1-24(2,3)34-23(33)30-20(21(31)32)7-11-35-12-10-25(8-4-9-25)22-28-14-16(15-29-22)18-6-5-17(26)13-19(18)27/h5-6,13-15,20H,4,7-12H2,1-3H3,(H,30,33)(H,31,32)/t20-/m0/s1. The first-order valence-electron chi connectivity index (χ1n) is 11.6. The predicted octanol–water partition coefficient (Wildman–Crippen LogP) is 6.36. The van der Waals surface area contributed by atoms with Crippen LogP contribution in [0, 0.1) is 0 Å². The minimum atomic E-state index is -1.07. The summed E-state index contributed by atoms with van der Waals surface area (Å²) in [5.41, 5.74) is 0.960. The Balaban J connectivity index is 1.51. The average molecular weight is 541 g/mol. The van der Waals surface area contributed by atoms with E-state index in [1.165, 1.54) is 0 Å². The number of carbonyl (C=O) groups is 2. The number of aliphatic carboxylic acids is 1. The van der Waals surface area contributed by atoms with E-state index in [1.54, 1.807) is 44.7 Å². The van der Waals surface area contributed by atoms with Crippen LogP contribution in [0.3, 0.4) is 0 Å². The number of rotatable bonds is 10. The molecule has 0 bridgehead atoms. The highest BCUT2D eigenvalue weighted by Crippen LogP contribution is 2.45. The fraction of sp³-hybridized carbons (Fsp3) is 0.520. The molecule has 1 aliphatic carbocycles. The van der Waals surface area contributed by atoms with Crippen LogP contribution in [0.2, 0.25) is 10.0 Å². The van der Waals surface area contributed by atoms with Crippen molar-refractivity contribution in [1.82, 2.24) is 15.3 Å². The maximum absolute atomic E-state index is 11.9. The van der Waals surface area contributed by atoms with E-state index < -0.39 is 23.7 Å². The van der Waals surface area contributed by atoms with Gasteiger partial charge in [-0.25, -0.2) is 19.6 Å². The molecule has 2 aromatic rings. The Bertz CT molecular complexity index is 1040. The molecular weight excluding hydrogens is 509 g/mol. The number of carboxylic acid groups (broad SMARTS) is 1. The van der Waals surface area contributed by atoms with E-state index >= 15 is 0 Å². The molecule has 7 nitrogen and oxygen atoms in total. The van der Waals surface area contributed by atoms with Crippen molar-refractivity contribution in [3.63, 3.8) is 0 Å². The topological polar surface area (TPSA) is 101 Å². The van der Waals surface area contributed by atoms with Gasteiger partial charge in [-0.1, -0.05) is 35.7 Å². The third-order valence-corrected chi connectivity index (χ3v) is 7.51. The maximum atomic E-state index is 11.9. The van der Waals surface area contributed by atoms with Gasteiger partial charge in [-0.3, -0.25) is 0 Å². The van der Waals surface area contributed by atoms with E-state index in [4.69, 9.17) is 27.9 Å². The van der Waals surface area contributed by atoms with Crippen molar-refractivity contribution in [2.45, 2.75) is 69.9 Å². The minimum absolute atomic E-state index is 0.0454. The quantitative estimate of drug-likeness (QED) is 0.338. The lowest BCUT2D eigenvalue weighted by atomic mass is 9.66. The largest absolute Gasteiger partial charge is 0.480 e. The number of thioether (sulfide) groups is 1. The van der Waals surface area contributed by atoms with Crippen LogP contribution in [-0.2, 0) is 14.9 Å². The number of carbonyl (C=O) groups excluding carboxylic acids is 1. The molecular formula is C25H31Cl2N3O4S. The molecule has 1 saturated carbocycles. The highest BCUT2D eigenvalue weighted by Gasteiger charge is 2.40. The fourth-order valence-corrected chi connectivity index (χ4v) is 5.59. The third-order valence-electron chi connectivity index (χ3n) is 5.94. The van der Waals surface area contributed by atoms with Crippen molar-refractivity contribution in [2.75, 3.05) is 11.5 Å². The number of nitrogens with one attached hydrogen (secondary N) is 1. The highest BCUT2D eigenvalue weighted by molar-refractivity contribution is 7.99. The monoisotopic (exact) mass is 539 g/mol. The number of halogens is 2. The van der Waals surface area contributed by atoms with Crippen molar-refractivity contribution in [3.8, 4) is 11.1 Å². The van der Waals surface area contributed by atoms with E-state index in [0.29, 0.717) is 22.2 Å². The summed E-state index contributed by atoms with van der Waals surface area (Å²) in [6.45, 7) is 5.20. The van der Waals surface area contributed by atoms with E-state index in [1.807, 2.05) is 18.5 Å². The molecule has 0 aliphatic heterocycles. The van der Waals surface area contributed by atoms with Crippen LogP contribution >= 0.6 is 35.0 Å². The zero-order chi connectivity index (χ0) is 25.6. The van der Waals surface area contributed by atoms with Crippen molar-refractivity contribution >= 4 is 47.0 Å². The molecule has 1 aromatic heterocycles. The Hall–Kier alpha value is -2.03. The van der Waals surface area contributed by atoms with Crippen LogP contribution in [-0.4, -0.2) is 50.3 Å². The summed E-state index contributed by atoms with van der Waals surface area (Å²) in [7, 11) is 0. The molecule has 1 atom stereocenters. The Morgan fingerprint density at radius 2 is 1.89 bits per heavy atom. The van der Waals surface area contributed by atoms with Crippen molar-refractivity contribution in [2.24, 2.45) is 0 Å². The molecule has 1 aliphatic rings. The van der Waals surface area contributed by atoms with Gasteiger partial charge in [0.05, 0.1) is 0 Å². The van der Waals surface area contributed by atoms with Crippen LogP contribution in [0.5, 0.6) is 0 Å². The van der Waals surface area contributed by atoms with Gasteiger partial charge in [0.15, 0.2) is 0 Å². The first-order chi connectivity index (χ1) is 16.5. The van der Waals surface area contributed by atoms with Gasteiger partial charge in [-0.2, -0.15) is 11.8 Å². The van der Waals surface area contributed by atoms with Crippen LogP contribution in [0.4, 0.5) is 4.79 Å². The van der Waals surface area contributed by atoms with E-state index in [0.717, 1.165) is 48.4 Å².